The molecule has 18 heavy (non-hydrogen) atoms. The molecule has 2 aliphatic rings. The smallest absolute Gasteiger partial charge is 0.309 e. The minimum Gasteiger partial charge on any atom is -0.466 e. The van der Waals surface area contributed by atoms with Crippen LogP contribution in [0.15, 0.2) is 0 Å². The molecule has 1 saturated heterocycles. The average molecular weight is 253 g/mol. The van der Waals surface area contributed by atoms with Crippen LogP contribution in [0.1, 0.15) is 52.4 Å². The van der Waals surface area contributed by atoms with Gasteiger partial charge < -0.3 is 9.64 Å². The van der Waals surface area contributed by atoms with Gasteiger partial charge in [0.05, 0.1) is 12.5 Å². The predicted molar refractivity (Wildman–Crippen MR) is 72.4 cm³/mol. The number of hydrogen-bond acceptors (Lipinski definition) is 3. The molecule has 0 aromatic rings. The first-order chi connectivity index (χ1) is 8.65. The Labute approximate surface area is 111 Å². The van der Waals surface area contributed by atoms with Crippen LogP contribution in [0.3, 0.4) is 0 Å². The summed E-state index contributed by atoms with van der Waals surface area (Å²) in [4.78, 5) is 14.1. The lowest BCUT2D eigenvalue weighted by atomic mass is 9.77. The Bertz CT molecular complexity index is 274. The number of esters is 1. The van der Waals surface area contributed by atoms with Gasteiger partial charge in [-0.15, -0.1) is 0 Å². The zero-order valence-electron chi connectivity index (χ0n) is 11.9. The van der Waals surface area contributed by atoms with Gasteiger partial charge in [-0.25, -0.2) is 0 Å². The lowest BCUT2D eigenvalue weighted by Crippen LogP contribution is -2.42. The van der Waals surface area contributed by atoms with Crippen molar-refractivity contribution in [3.8, 4) is 0 Å². The van der Waals surface area contributed by atoms with Gasteiger partial charge in [-0.3, -0.25) is 4.79 Å². The third-order valence-corrected chi connectivity index (χ3v) is 4.80. The summed E-state index contributed by atoms with van der Waals surface area (Å²) in [5.41, 5.74) is 0.670. The summed E-state index contributed by atoms with van der Waals surface area (Å²) in [6.07, 6.45) is 8.41. The zero-order chi connectivity index (χ0) is 13.0. The predicted octanol–water partition coefficient (Wildman–Crippen LogP) is 2.84. The lowest BCUT2D eigenvalue weighted by Gasteiger charge is -2.40. The highest BCUT2D eigenvalue weighted by Gasteiger charge is 2.37. The number of hydrogen-bond donors (Lipinski definition) is 0. The molecule has 2 fully saturated rings. The first kappa shape index (κ1) is 13.9. The quantitative estimate of drug-likeness (QED) is 0.722. The Hall–Kier alpha value is -0.570. The van der Waals surface area contributed by atoms with E-state index in [0.717, 1.165) is 6.54 Å². The van der Waals surface area contributed by atoms with Crippen LogP contribution in [-0.2, 0) is 9.53 Å². The number of carbonyl (C=O) groups excluding carboxylic acids is 1. The Morgan fingerprint density at radius 3 is 2.39 bits per heavy atom. The second-order valence-corrected chi connectivity index (χ2v) is 6.16. The van der Waals surface area contributed by atoms with Gasteiger partial charge in [0.1, 0.15) is 0 Å². The van der Waals surface area contributed by atoms with Crippen molar-refractivity contribution < 1.29 is 9.53 Å². The topological polar surface area (TPSA) is 29.5 Å². The van der Waals surface area contributed by atoms with Gasteiger partial charge >= 0.3 is 5.97 Å². The minimum atomic E-state index is -0.0429. The van der Waals surface area contributed by atoms with Crippen LogP contribution in [0.25, 0.3) is 0 Å². The molecule has 1 atom stereocenters. The summed E-state index contributed by atoms with van der Waals surface area (Å²) in [5.74, 6) is -0.0266. The molecule has 1 heterocycles. The monoisotopic (exact) mass is 253 g/mol. The van der Waals surface area contributed by atoms with E-state index in [1.54, 1.807) is 0 Å². The Balaban J connectivity index is 1.74. The molecule has 0 radical (unpaired) electrons. The van der Waals surface area contributed by atoms with Crippen molar-refractivity contribution in [2.45, 2.75) is 52.4 Å². The van der Waals surface area contributed by atoms with Crippen molar-refractivity contribution in [1.82, 2.24) is 4.90 Å². The van der Waals surface area contributed by atoms with Crippen LogP contribution in [0.5, 0.6) is 0 Å². The Morgan fingerprint density at radius 2 is 1.83 bits per heavy atom. The van der Waals surface area contributed by atoms with Crippen LogP contribution in [0.4, 0.5) is 0 Å². The van der Waals surface area contributed by atoms with Crippen LogP contribution in [0, 0.1) is 11.3 Å². The Kier molecular flexibility index (Phi) is 4.66. The molecule has 1 unspecified atom stereocenters. The standard InChI is InChI=1S/C15H27NO2/c1-3-18-14(17)13(2)12-16-10-8-15(9-11-16)6-4-5-7-15/h13H,3-12H2,1-2H3. The maximum absolute atomic E-state index is 11.6. The summed E-state index contributed by atoms with van der Waals surface area (Å²) in [7, 11) is 0. The molecular formula is C15H27NO2. The van der Waals surface area contributed by atoms with E-state index >= 15 is 0 Å². The molecule has 0 aromatic carbocycles. The fraction of sp³-hybridized carbons (Fsp3) is 0.933. The van der Waals surface area contributed by atoms with E-state index in [4.69, 9.17) is 4.74 Å². The first-order valence-corrected chi connectivity index (χ1v) is 7.54. The maximum Gasteiger partial charge on any atom is 0.309 e. The van der Waals surface area contributed by atoms with Crippen molar-refractivity contribution in [2.75, 3.05) is 26.2 Å². The largest absolute Gasteiger partial charge is 0.466 e. The highest BCUT2D eigenvalue weighted by Crippen LogP contribution is 2.46. The zero-order valence-corrected chi connectivity index (χ0v) is 11.9. The SMILES string of the molecule is CCOC(=O)C(C)CN1CCC2(CCCC2)CC1. The molecule has 3 nitrogen and oxygen atoms in total. The van der Waals surface area contributed by atoms with Crippen LogP contribution < -0.4 is 0 Å². The highest BCUT2D eigenvalue weighted by molar-refractivity contribution is 5.72. The van der Waals surface area contributed by atoms with E-state index in [2.05, 4.69) is 4.90 Å². The molecule has 0 amide bonds. The molecule has 3 heteroatoms. The summed E-state index contributed by atoms with van der Waals surface area (Å²) >= 11 is 0. The molecule has 1 aliphatic heterocycles. The summed E-state index contributed by atoms with van der Waals surface area (Å²) in [6.45, 7) is 7.56. The van der Waals surface area contributed by atoms with Crippen molar-refractivity contribution in [1.29, 1.82) is 0 Å². The van der Waals surface area contributed by atoms with Gasteiger partial charge in [0.25, 0.3) is 0 Å². The molecule has 1 saturated carbocycles. The van der Waals surface area contributed by atoms with Crippen molar-refractivity contribution in [3.63, 3.8) is 0 Å². The molecule has 1 spiro atoms. The third kappa shape index (κ3) is 3.25. The van der Waals surface area contributed by atoms with E-state index in [-0.39, 0.29) is 11.9 Å². The van der Waals surface area contributed by atoms with Gasteiger partial charge in [-0.05, 0) is 51.1 Å². The first-order valence-electron chi connectivity index (χ1n) is 7.54. The molecule has 104 valence electrons. The van der Waals surface area contributed by atoms with Gasteiger partial charge in [0.15, 0.2) is 0 Å². The van der Waals surface area contributed by atoms with Gasteiger partial charge in [0, 0.05) is 6.54 Å². The summed E-state index contributed by atoms with van der Waals surface area (Å²) < 4.78 is 5.07. The molecule has 2 rings (SSSR count). The minimum absolute atomic E-state index is 0.0163. The second-order valence-electron chi connectivity index (χ2n) is 6.16. The summed E-state index contributed by atoms with van der Waals surface area (Å²) in [5, 5.41) is 0. The normalized spacial score (nSPS) is 25.2. The van der Waals surface area contributed by atoms with Gasteiger partial charge in [-0.2, -0.15) is 0 Å². The third-order valence-electron chi connectivity index (χ3n) is 4.80. The molecule has 0 N–H and O–H groups in total. The molecule has 1 aliphatic carbocycles. The van der Waals surface area contributed by atoms with E-state index < -0.39 is 0 Å². The Morgan fingerprint density at radius 1 is 1.22 bits per heavy atom. The fourth-order valence-electron chi connectivity index (χ4n) is 3.58. The molecular weight excluding hydrogens is 226 g/mol. The highest BCUT2D eigenvalue weighted by atomic mass is 16.5. The van der Waals surface area contributed by atoms with Crippen molar-refractivity contribution in [3.05, 3.63) is 0 Å². The number of nitrogens with zero attached hydrogens (tertiary/aromatic N) is 1. The van der Waals surface area contributed by atoms with E-state index in [1.807, 2.05) is 13.8 Å². The van der Waals surface area contributed by atoms with Crippen molar-refractivity contribution in [2.24, 2.45) is 11.3 Å². The van der Waals surface area contributed by atoms with E-state index in [1.165, 1.54) is 51.6 Å². The maximum atomic E-state index is 11.6. The number of ether oxygens (including phenoxy) is 1. The number of likely N-dealkylation sites (tertiary alicyclic amines) is 1. The van der Waals surface area contributed by atoms with E-state index in [0.29, 0.717) is 12.0 Å². The van der Waals surface area contributed by atoms with Crippen LogP contribution in [0.2, 0.25) is 0 Å². The fourth-order valence-corrected chi connectivity index (χ4v) is 3.58. The number of rotatable bonds is 4. The summed E-state index contributed by atoms with van der Waals surface area (Å²) in [6, 6.07) is 0. The lowest BCUT2D eigenvalue weighted by molar-refractivity contribution is -0.148. The number of carbonyl (C=O) groups is 1. The van der Waals surface area contributed by atoms with Crippen LogP contribution >= 0.6 is 0 Å². The number of piperidine rings is 1. The second kappa shape index (κ2) is 6.05. The molecule has 0 aromatic heterocycles. The average Bonchev–Trinajstić information content (AvgIpc) is 2.81. The van der Waals surface area contributed by atoms with Gasteiger partial charge in [-0.1, -0.05) is 19.8 Å². The van der Waals surface area contributed by atoms with Crippen molar-refractivity contribution >= 4 is 5.97 Å². The van der Waals surface area contributed by atoms with Gasteiger partial charge in [0.2, 0.25) is 0 Å². The van der Waals surface area contributed by atoms with Crippen LogP contribution in [-0.4, -0.2) is 37.1 Å². The van der Waals surface area contributed by atoms with E-state index in [9.17, 15) is 4.79 Å². The molecule has 0 bridgehead atoms.